The lowest BCUT2D eigenvalue weighted by Crippen LogP contribution is -2.33. The van der Waals surface area contributed by atoms with Gasteiger partial charge in [-0.25, -0.2) is 0 Å². The van der Waals surface area contributed by atoms with Gasteiger partial charge in [0, 0.05) is 16.6 Å². The number of ether oxygens (including phenoxy) is 2. The Bertz CT molecular complexity index is 807. The molecule has 0 spiro atoms. The number of carbonyl (C=O) groups is 1. The Hall–Kier alpha value is -2.54. The lowest BCUT2D eigenvalue weighted by Gasteiger charge is -2.12. The van der Waals surface area contributed by atoms with Gasteiger partial charge in [-0.1, -0.05) is 46.2 Å². The first-order chi connectivity index (χ1) is 13.6. The fourth-order valence-corrected chi connectivity index (χ4v) is 2.79. The Morgan fingerprint density at radius 3 is 2.50 bits per heavy atom. The third kappa shape index (κ3) is 6.27. The first-order valence-corrected chi connectivity index (χ1v) is 9.83. The van der Waals surface area contributed by atoms with Crippen LogP contribution in [0.4, 0.5) is 0 Å². The predicted octanol–water partition coefficient (Wildman–Crippen LogP) is 3.96. The zero-order valence-electron chi connectivity index (χ0n) is 16.3. The molecule has 0 saturated heterocycles. The van der Waals surface area contributed by atoms with Crippen LogP contribution in [0, 0.1) is 0 Å². The first-order valence-electron chi connectivity index (χ1n) is 9.04. The zero-order valence-corrected chi connectivity index (χ0v) is 17.9. The number of rotatable bonds is 10. The predicted molar refractivity (Wildman–Crippen MR) is 113 cm³/mol. The molecule has 0 atom stereocenters. The van der Waals surface area contributed by atoms with E-state index in [9.17, 15) is 4.79 Å². The zero-order chi connectivity index (χ0) is 20.4. The summed E-state index contributed by atoms with van der Waals surface area (Å²) in [7, 11) is 3.03. The summed E-state index contributed by atoms with van der Waals surface area (Å²) in [6, 6.07) is 13.1. The fourth-order valence-electron chi connectivity index (χ4n) is 2.53. The molecule has 0 unspecified atom stereocenters. The van der Waals surface area contributed by atoms with Crippen LogP contribution in [0.2, 0.25) is 0 Å². The summed E-state index contributed by atoms with van der Waals surface area (Å²) < 4.78 is 12.0. The van der Waals surface area contributed by atoms with E-state index in [2.05, 4.69) is 33.3 Å². The van der Waals surface area contributed by atoms with Crippen LogP contribution in [0.3, 0.4) is 0 Å². The average Bonchev–Trinajstić information content (AvgIpc) is 2.71. The standard InChI is InChI=1S/C21H25BrN2O4/c1-4-13-28-18-10-5-15(14-19(18)26-2)11-12-23-21(25)20(24-27-3)16-6-8-17(22)9-7-16/h5-10,14H,4,11-13H2,1-3H3,(H,23,25). The van der Waals surface area contributed by atoms with Gasteiger partial charge in [0.1, 0.15) is 7.11 Å². The maximum absolute atomic E-state index is 12.5. The van der Waals surface area contributed by atoms with E-state index in [1.807, 2.05) is 30.3 Å². The van der Waals surface area contributed by atoms with Gasteiger partial charge in [0.05, 0.1) is 13.7 Å². The van der Waals surface area contributed by atoms with Gasteiger partial charge >= 0.3 is 0 Å². The molecule has 7 heteroatoms. The number of benzene rings is 2. The Kier molecular flexibility index (Phi) is 8.81. The van der Waals surface area contributed by atoms with E-state index in [1.54, 1.807) is 19.2 Å². The second kappa shape index (κ2) is 11.3. The Labute approximate surface area is 174 Å². The van der Waals surface area contributed by atoms with E-state index in [4.69, 9.17) is 14.3 Å². The molecular weight excluding hydrogens is 424 g/mol. The summed E-state index contributed by atoms with van der Waals surface area (Å²) in [5.74, 6) is 1.12. The quantitative estimate of drug-likeness (QED) is 0.441. The number of hydrogen-bond donors (Lipinski definition) is 1. The summed E-state index contributed by atoms with van der Waals surface area (Å²) in [5.41, 5.74) is 1.95. The third-order valence-corrected chi connectivity index (χ3v) is 4.43. The number of carbonyl (C=O) groups excluding carboxylic acids is 1. The van der Waals surface area contributed by atoms with Gasteiger partial charge in [0.25, 0.3) is 5.91 Å². The molecule has 0 fully saturated rings. The van der Waals surface area contributed by atoms with Gasteiger partial charge in [0.15, 0.2) is 17.2 Å². The monoisotopic (exact) mass is 448 g/mol. The molecule has 150 valence electrons. The van der Waals surface area contributed by atoms with Crippen molar-refractivity contribution in [2.45, 2.75) is 19.8 Å². The number of nitrogens with zero attached hydrogens (tertiary/aromatic N) is 1. The van der Waals surface area contributed by atoms with Gasteiger partial charge in [-0.15, -0.1) is 0 Å². The topological polar surface area (TPSA) is 69.2 Å². The smallest absolute Gasteiger partial charge is 0.273 e. The molecule has 0 aromatic heterocycles. The highest BCUT2D eigenvalue weighted by atomic mass is 79.9. The second-order valence-electron chi connectivity index (χ2n) is 5.97. The minimum atomic E-state index is -0.293. The van der Waals surface area contributed by atoms with Crippen LogP contribution in [0.25, 0.3) is 0 Å². The Morgan fingerprint density at radius 2 is 1.86 bits per heavy atom. The van der Waals surface area contributed by atoms with Crippen molar-refractivity contribution in [3.05, 3.63) is 58.1 Å². The summed E-state index contributed by atoms with van der Waals surface area (Å²) >= 11 is 3.38. The van der Waals surface area contributed by atoms with Crippen molar-refractivity contribution in [1.82, 2.24) is 5.32 Å². The van der Waals surface area contributed by atoms with Crippen LogP contribution in [0.1, 0.15) is 24.5 Å². The van der Waals surface area contributed by atoms with Gasteiger partial charge in [-0.2, -0.15) is 0 Å². The number of halogens is 1. The van der Waals surface area contributed by atoms with Crippen LogP contribution in [0.5, 0.6) is 11.5 Å². The van der Waals surface area contributed by atoms with Crippen molar-refractivity contribution < 1.29 is 19.1 Å². The minimum absolute atomic E-state index is 0.232. The molecule has 0 saturated carbocycles. The molecule has 1 amide bonds. The van der Waals surface area contributed by atoms with Gasteiger partial charge in [-0.05, 0) is 42.7 Å². The van der Waals surface area contributed by atoms with Crippen LogP contribution < -0.4 is 14.8 Å². The van der Waals surface area contributed by atoms with Crippen molar-refractivity contribution in [2.24, 2.45) is 5.16 Å². The van der Waals surface area contributed by atoms with Crippen molar-refractivity contribution in [1.29, 1.82) is 0 Å². The summed E-state index contributed by atoms with van der Waals surface area (Å²) in [6.45, 7) is 3.15. The molecule has 0 bridgehead atoms. The molecule has 0 aliphatic rings. The summed E-state index contributed by atoms with van der Waals surface area (Å²) in [4.78, 5) is 17.4. The normalized spacial score (nSPS) is 11.1. The molecule has 0 aliphatic heterocycles. The van der Waals surface area contributed by atoms with E-state index in [1.165, 1.54) is 7.11 Å². The van der Waals surface area contributed by atoms with E-state index in [0.29, 0.717) is 30.9 Å². The van der Waals surface area contributed by atoms with Crippen LogP contribution in [-0.2, 0) is 16.1 Å². The van der Waals surface area contributed by atoms with Crippen LogP contribution in [-0.4, -0.2) is 39.0 Å². The van der Waals surface area contributed by atoms with E-state index in [0.717, 1.165) is 22.2 Å². The molecular formula is C21H25BrN2O4. The largest absolute Gasteiger partial charge is 0.493 e. The van der Waals surface area contributed by atoms with Gasteiger partial charge < -0.3 is 19.6 Å². The number of nitrogens with one attached hydrogen (secondary N) is 1. The lowest BCUT2D eigenvalue weighted by molar-refractivity contribution is -0.114. The molecule has 0 heterocycles. The van der Waals surface area contributed by atoms with Crippen molar-refractivity contribution >= 4 is 27.5 Å². The highest BCUT2D eigenvalue weighted by molar-refractivity contribution is 9.10. The van der Waals surface area contributed by atoms with E-state index < -0.39 is 0 Å². The number of hydrogen-bond acceptors (Lipinski definition) is 5. The molecule has 2 aromatic rings. The summed E-state index contributed by atoms with van der Waals surface area (Å²) in [6.07, 6.45) is 1.58. The fraction of sp³-hybridized carbons (Fsp3) is 0.333. The summed E-state index contributed by atoms with van der Waals surface area (Å²) in [5, 5.41) is 6.75. The van der Waals surface area contributed by atoms with Gasteiger partial charge in [-0.3, -0.25) is 4.79 Å². The van der Waals surface area contributed by atoms with E-state index >= 15 is 0 Å². The highest BCUT2D eigenvalue weighted by Crippen LogP contribution is 2.28. The molecule has 0 aliphatic carbocycles. The average molecular weight is 449 g/mol. The number of amides is 1. The number of methoxy groups -OCH3 is 1. The van der Waals surface area contributed by atoms with Crippen LogP contribution in [0.15, 0.2) is 52.1 Å². The Balaban J connectivity index is 1.98. The minimum Gasteiger partial charge on any atom is -0.493 e. The molecule has 2 aromatic carbocycles. The Morgan fingerprint density at radius 1 is 1.11 bits per heavy atom. The molecule has 28 heavy (non-hydrogen) atoms. The number of oxime groups is 1. The van der Waals surface area contributed by atoms with Crippen molar-refractivity contribution in [3.63, 3.8) is 0 Å². The third-order valence-electron chi connectivity index (χ3n) is 3.90. The van der Waals surface area contributed by atoms with E-state index in [-0.39, 0.29) is 11.6 Å². The van der Waals surface area contributed by atoms with Crippen molar-refractivity contribution in [2.75, 3.05) is 27.4 Å². The SMILES string of the molecule is CCCOc1ccc(CCNC(=O)C(=NOC)c2ccc(Br)cc2)cc1OC. The van der Waals surface area contributed by atoms with Gasteiger partial charge in [0.2, 0.25) is 0 Å². The maximum atomic E-state index is 12.5. The highest BCUT2D eigenvalue weighted by Gasteiger charge is 2.15. The first kappa shape index (κ1) is 21.8. The van der Waals surface area contributed by atoms with Crippen molar-refractivity contribution in [3.8, 4) is 11.5 Å². The molecule has 6 nitrogen and oxygen atoms in total. The van der Waals surface area contributed by atoms with Crippen LogP contribution >= 0.6 is 15.9 Å². The molecule has 2 rings (SSSR count). The maximum Gasteiger partial charge on any atom is 0.273 e. The second-order valence-corrected chi connectivity index (χ2v) is 6.88. The lowest BCUT2D eigenvalue weighted by atomic mass is 10.1. The molecule has 1 N–H and O–H groups in total. The molecule has 0 radical (unpaired) electrons.